The Balaban J connectivity index is 3.45. The van der Waals surface area contributed by atoms with Crippen LogP contribution < -0.4 is 0 Å². The number of carbonyl (C=O) groups is 1. The number of halogens is 5. The van der Waals surface area contributed by atoms with Crippen molar-refractivity contribution in [2.45, 2.75) is 19.0 Å². The van der Waals surface area contributed by atoms with Crippen LogP contribution in [0.3, 0.4) is 0 Å². The van der Waals surface area contributed by atoms with E-state index in [1.54, 1.807) is 0 Å². The van der Waals surface area contributed by atoms with Gasteiger partial charge in [0.15, 0.2) is 0 Å². The first-order chi connectivity index (χ1) is 9.14. The Bertz CT molecular complexity index is 560. The van der Waals surface area contributed by atoms with E-state index in [1.165, 1.54) is 13.0 Å². The smallest absolute Gasteiger partial charge is 0.416 e. The van der Waals surface area contributed by atoms with Crippen LogP contribution in [0.5, 0.6) is 0 Å². The number of alkyl halides is 5. The average Bonchev–Trinajstić information content (AvgIpc) is 2.37. The predicted octanol–water partition coefficient (Wildman–Crippen LogP) is 3.23. The van der Waals surface area contributed by atoms with Gasteiger partial charge < -0.3 is 4.74 Å². The number of nitriles is 1. The molecule has 0 spiro atoms. The van der Waals surface area contributed by atoms with Crippen molar-refractivity contribution in [3.8, 4) is 6.07 Å². The van der Waals surface area contributed by atoms with E-state index in [1.807, 2.05) is 0 Å². The minimum atomic E-state index is -5.13. The quantitative estimate of drug-likeness (QED) is 0.635. The number of rotatable bonds is 3. The number of nitrogens with zero attached hydrogens (tertiary/aromatic N) is 1. The van der Waals surface area contributed by atoms with Gasteiger partial charge in [0.1, 0.15) is 0 Å². The topological polar surface area (TPSA) is 50.1 Å². The molecule has 0 aliphatic heterocycles. The van der Waals surface area contributed by atoms with Crippen LogP contribution in [0, 0.1) is 11.3 Å². The van der Waals surface area contributed by atoms with Gasteiger partial charge in [-0.15, -0.1) is 0 Å². The molecule has 0 saturated carbocycles. The molecule has 0 aliphatic carbocycles. The molecule has 0 heterocycles. The van der Waals surface area contributed by atoms with E-state index in [4.69, 9.17) is 5.26 Å². The highest BCUT2D eigenvalue weighted by atomic mass is 19.4. The number of carbonyl (C=O) groups excluding carboxylic acids is 1. The van der Waals surface area contributed by atoms with Crippen LogP contribution in [-0.4, -0.2) is 12.6 Å². The fraction of sp³-hybridized carbons (Fsp3) is 0.333. The highest BCUT2D eigenvalue weighted by Crippen LogP contribution is 2.40. The third-order valence-corrected chi connectivity index (χ3v) is 2.32. The summed E-state index contributed by atoms with van der Waals surface area (Å²) in [5, 5.41) is 8.52. The third kappa shape index (κ3) is 3.04. The number of hydrogen-bond acceptors (Lipinski definition) is 3. The zero-order valence-corrected chi connectivity index (χ0v) is 10.1. The molecule has 20 heavy (non-hydrogen) atoms. The molecule has 0 aliphatic rings. The second-order valence-electron chi connectivity index (χ2n) is 3.66. The van der Waals surface area contributed by atoms with Gasteiger partial charge in [-0.25, -0.2) is 4.79 Å². The van der Waals surface area contributed by atoms with Gasteiger partial charge >= 0.3 is 18.1 Å². The predicted molar refractivity (Wildman–Crippen MR) is 56.7 cm³/mol. The average molecular weight is 293 g/mol. The monoisotopic (exact) mass is 293 g/mol. The minimum absolute atomic E-state index is 0.266. The summed E-state index contributed by atoms with van der Waals surface area (Å²) in [6.07, 6.45) is -5.13. The van der Waals surface area contributed by atoms with Gasteiger partial charge in [-0.1, -0.05) is 6.07 Å². The van der Waals surface area contributed by atoms with Crippen LogP contribution in [0.15, 0.2) is 18.2 Å². The van der Waals surface area contributed by atoms with Gasteiger partial charge in [0.2, 0.25) is 0 Å². The van der Waals surface area contributed by atoms with Crippen molar-refractivity contribution in [2.75, 3.05) is 6.61 Å². The van der Waals surface area contributed by atoms with E-state index in [0.717, 1.165) is 6.07 Å². The van der Waals surface area contributed by atoms with E-state index in [-0.39, 0.29) is 6.07 Å². The lowest BCUT2D eigenvalue weighted by atomic mass is 9.98. The maximum Gasteiger partial charge on any atom is 0.416 e. The van der Waals surface area contributed by atoms with Gasteiger partial charge in [0.05, 0.1) is 23.8 Å². The molecule has 1 aromatic carbocycles. The molecular formula is C12H8F5NO2. The van der Waals surface area contributed by atoms with Crippen molar-refractivity contribution in [3.05, 3.63) is 34.9 Å². The second kappa shape index (κ2) is 5.45. The lowest BCUT2D eigenvalue weighted by Gasteiger charge is -2.19. The van der Waals surface area contributed by atoms with Gasteiger partial charge in [0.25, 0.3) is 0 Å². The van der Waals surface area contributed by atoms with Gasteiger partial charge in [-0.05, 0) is 19.1 Å². The Morgan fingerprint density at radius 1 is 1.25 bits per heavy atom. The summed E-state index contributed by atoms with van der Waals surface area (Å²) in [4.78, 5) is 11.1. The fourth-order valence-corrected chi connectivity index (χ4v) is 1.45. The summed E-state index contributed by atoms with van der Waals surface area (Å²) >= 11 is 0. The maximum atomic E-state index is 13.7. The standard InChI is InChI=1S/C12H8F5NO2/c1-2-20-10(19)11(13,14)8-4-3-7(6-18)5-9(8)12(15,16)17/h3-5H,2H2,1H3. The van der Waals surface area contributed by atoms with Crippen LogP contribution in [0.25, 0.3) is 0 Å². The first-order valence-electron chi connectivity index (χ1n) is 5.31. The first kappa shape index (κ1) is 15.9. The SMILES string of the molecule is CCOC(=O)C(F)(F)c1ccc(C#N)cc1C(F)(F)F. The van der Waals surface area contributed by atoms with Gasteiger partial charge in [-0.3, -0.25) is 0 Å². The molecule has 0 N–H and O–H groups in total. The molecule has 0 unspecified atom stereocenters. The van der Waals surface area contributed by atoms with Crippen molar-refractivity contribution < 1.29 is 31.5 Å². The van der Waals surface area contributed by atoms with Crippen molar-refractivity contribution in [1.29, 1.82) is 5.26 Å². The van der Waals surface area contributed by atoms with Crippen LogP contribution in [0.2, 0.25) is 0 Å². The summed E-state index contributed by atoms with van der Waals surface area (Å²) in [6.45, 7) is 0.851. The zero-order chi connectivity index (χ0) is 15.6. The third-order valence-electron chi connectivity index (χ3n) is 2.32. The van der Waals surface area contributed by atoms with Crippen LogP contribution >= 0.6 is 0 Å². The number of esters is 1. The highest BCUT2D eigenvalue weighted by molar-refractivity contribution is 5.80. The molecule has 3 nitrogen and oxygen atoms in total. The molecule has 0 amide bonds. The Morgan fingerprint density at radius 3 is 2.30 bits per heavy atom. The van der Waals surface area contributed by atoms with E-state index < -0.39 is 41.4 Å². The Kier molecular flexibility index (Phi) is 4.33. The minimum Gasteiger partial charge on any atom is -0.461 e. The van der Waals surface area contributed by atoms with Crippen molar-refractivity contribution >= 4 is 5.97 Å². The molecule has 0 aromatic heterocycles. The Labute approximate surface area is 110 Å². The van der Waals surface area contributed by atoms with E-state index in [9.17, 15) is 26.7 Å². The number of ether oxygens (including phenoxy) is 1. The van der Waals surface area contributed by atoms with E-state index in [2.05, 4.69) is 4.74 Å². The largest absolute Gasteiger partial charge is 0.461 e. The van der Waals surface area contributed by atoms with Crippen molar-refractivity contribution in [3.63, 3.8) is 0 Å². The molecule has 0 radical (unpaired) electrons. The molecule has 0 atom stereocenters. The highest BCUT2D eigenvalue weighted by Gasteiger charge is 2.49. The fourth-order valence-electron chi connectivity index (χ4n) is 1.45. The van der Waals surface area contributed by atoms with Crippen molar-refractivity contribution in [2.24, 2.45) is 0 Å². The summed E-state index contributed by atoms with van der Waals surface area (Å²) < 4.78 is 69.7. The molecule has 1 rings (SSSR count). The maximum absolute atomic E-state index is 13.7. The summed E-state index contributed by atoms with van der Waals surface area (Å²) in [5.74, 6) is -6.52. The van der Waals surface area contributed by atoms with E-state index in [0.29, 0.717) is 6.07 Å². The summed E-state index contributed by atoms with van der Waals surface area (Å²) in [7, 11) is 0. The zero-order valence-electron chi connectivity index (χ0n) is 10.1. The molecule has 8 heteroatoms. The lowest BCUT2D eigenvalue weighted by molar-refractivity contribution is -0.175. The normalized spacial score (nSPS) is 11.8. The van der Waals surface area contributed by atoms with Crippen molar-refractivity contribution in [1.82, 2.24) is 0 Å². The number of hydrogen-bond donors (Lipinski definition) is 0. The van der Waals surface area contributed by atoms with Crippen LogP contribution in [-0.2, 0) is 21.6 Å². The molecule has 0 bridgehead atoms. The molecule has 108 valence electrons. The van der Waals surface area contributed by atoms with Crippen LogP contribution in [0.1, 0.15) is 23.6 Å². The molecule has 0 saturated heterocycles. The lowest BCUT2D eigenvalue weighted by Crippen LogP contribution is -2.31. The van der Waals surface area contributed by atoms with Crippen LogP contribution in [0.4, 0.5) is 22.0 Å². The number of benzene rings is 1. The molecule has 0 fully saturated rings. The second-order valence-corrected chi connectivity index (χ2v) is 3.66. The van der Waals surface area contributed by atoms with Gasteiger partial charge in [0, 0.05) is 5.56 Å². The Hall–Kier alpha value is -2.17. The molecule has 1 aromatic rings. The van der Waals surface area contributed by atoms with E-state index >= 15 is 0 Å². The first-order valence-corrected chi connectivity index (χ1v) is 5.31. The van der Waals surface area contributed by atoms with Gasteiger partial charge in [-0.2, -0.15) is 27.2 Å². The summed E-state index contributed by atoms with van der Waals surface area (Å²) in [6, 6.07) is 2.85. The summed E-state index contributed by atoms with van der Waals surface area (Å²) in [5.41, 5.74) is -3.72. The Morgan fingerprint density at radius 2 is 1.85 bits per heavy atom. The molecular weight excluding hydrogens is 285 g/mol.